The molecule has 1 atom stereocenters. The van der Waals surface area contributed by atoms with Crippen LogP contribution >= 0.6 is 0 Å². The lowest BCUT2D eigenvalue weighted by Crippen LogP contribution is -2.14. The summed E-state index contributed by atoms with van der Waals surface area (Å²) in [6.07, 6.45) is 11.3. The number of aryl methyl sites for hydroxylation is 1. The molecule has 9 rings (SSSR count). The SMILES string of the molecule is CC.CCCC(C(=Nc1ccccc1C)c1ccccc1)c1ccc2c(c1)c1cccc3c1c1c2cc2ccccc2c1n3C1=CCCC=C1. The van der Waals surface area contributed by atoms with Crippen molar-refractivity contribution in [1.82, 2.24) is 4.57 Å². The molecule has 246 valence electrons. The minimum absolute atomic E-state index is 0.154. The van der Waals surface area contributed by atoms with Gasteiger partial charge in [-0.25, -0.2) is 0 Å². The van der Waals surface area contributed by atoms with Gasteiger partial charge in [0.2, 0.25) is 0 Å². The molecule has 1 heterocycles. The smallest absolute Gasteiger partial charge is 0.0662 e. The molecule has 0 radical (unpaired) electrons. The third-order valence-corrected chi connectivity index (χ3v) is 10.4. The molecule has 1 unspecified atom stereocenters. The Bertz CT molecular complexity index is 2580. The first-order valence-electron chi connectivity index (χ1n) is 18.4. The number of benzene rings is 7. The zero-order valence-corrected chi connectivity index (χ0v) is 29.6. The Hall–Kier alpha value is -5.47. The van der Waals surface area contributed by atoms with Gasteiger partial charge >= 0.3 is 0 Å². The number of aliphatic imine (C=N–C) groups is 1. The number of allylic oxidation sites excluding steroid dienone is 4. The molecule has 0 bridgehead atoms. The second kappa shape index (κ2) is 13.4. The van der Waals surface area contributed by atoms with E-state index in [0.717, 1.165) is 37.1 Å². The van der Waals surface area contributed by atoms with E-state index in [1.54, 1.807) is 0 Å². The number of rotatable bonds is 7. The molecule has 0 fully saturated rings. The Balaban J connectivity index is 0.00000177. The van der Waals surface area contributed by atoms with E-state index in [4.69, 9.17) is 4.99 Å². The van der Waals surface area contributed by atoms with Crippen LogP contribution in [0.2, 0.25) is 0 Å². The molecule has 1 aliphatic carbocycles. The molecule has 0 spiro atoms. The number of nitrogens with zero attached hydrogens (tertiary/aromatic N) is 2. The number of aromatic nitrogens is 1. The van der Waals surface area contributed by atoms with Crippen LogP contribution in [0, 0.1) is 6.92 Å². The molecule has 0 N–H and O–H groups in total. The lowest BCUT2D eigenvalue weighted by atomic mass is 9.84. The largest absolute Gasteiger partial charge is 0.309 e. The van der Waals surface area contributed by atoms with Crippen LogP contribution in [0.25, 0.3) is 59.8 Å². The Kier molecular flexibility index (Phi) is 8.54. The fourth-order valence-corrected chi connectivity index (χ4v) is 8.15. The summed E-state index contributed by atoms with van der Waals surface area (Å²) in [6.45, 7) is 8.45. The maximum absolute atomic E-state index is 5.43. The molecule has 2 heteroatoms. The van der Waals surface area contributed by atoms with E-state index in [1.165, 1.54) is 76.5 Å². The molecular weight excluding hydrogens is 605 g/mol. The summed E-state index contributed by atoms with van der Waals surface area (Å²) in [7, 11) is 0. The molecule has 8 aromatic rings. The minimum Gasteiger partial charge on any atom is -0.309 e. The Morgan fingerprint density at radius 3 is 2.28 bits per heavy atom. The van der Waals surface area contributed by atoms with E-state index in [1.807, 2.05) is 13.8 Å². The van der Waals surface area contributed by atoms with Gasteiger partial charge in [-0.3, -0.25) is 4.99 Å². The fraction of sp³-hybridized carbons (Fsp3) is 0.188. The maximum atomic E-state index is 5.43. The Morgan fingerprint density at radius 1 is 0.700 bits per heavy atom. The first-order valence-corrected chi connectivity index (χ1v) is 18.4. The zero-order valence-electron chi connectivity index (χ0n) is 29.6. The predicted molar refractivity (Wildman–Crippen MR) is 219 cm³/mol. The van der Waals surface area contributed by atoms with Crippen LogP contribution in [-0.2, 0) is 0 Å². The summed E-state index contributed by atoms with van der Waals surface area (Å²) < 4.78 is 2.53. The van der Waals surface area contributed by atoms with Gasteiger partial charge in [0.1, 0.15) is 0 Å². The van der Waals surface area contributed by atoms with Crippen molar-refractivity contribution in [2.45, 2.75) is 59.3 Å². The topological polar surface area (TPSA) is 17.3 Å². The van der Waals surface area contributed by atoms with Crippen molar-refractivity contribution < 1.29 is 0 Å². The summed E-state index contributed by atoms with van der Waals surface area (Å²) in [5.41, 5.74) is 9.75. The molecule has 1 aliphatic rings. The highest BCUT2D eigenvalue weighted by molar-refractivity contribution is 6.38. The maximum Gasteiger partial charge on any atom is 0.0662 e. The third-order valence-electron chi connectivity index (χ3n) is 10.4. The summed E-state index contributed by atoms with van der Waals surface area (Å²) in [4.78, 5) is 5.43. The first kappa shape index (κ1) is 31.8. The summed E-state index contributed by atoms with van der Waals surface area (Å²) in [5.74, 6) is 0.154. The lowest BCUT2D eigenvalue weighted by Gasteiger charge is -2.22. The van der Waals surface area contributed by atoms with Gasteiger partial charge in [0.05, 0.1) is 22.4 Å². The normalized spacial score (nSPS) is 14.1. The van der Waals surface area contributed by atoms with Crippen LogP contribution in [-0.4, -0.2) is 10.3 Å². The van der Waals surface area contributed by atoms with Crippen LogP contribution in [0.5, 0.6) is 0 Å². The highest BCUT2D eigenvalue weighted by atomic mass is 15.0. The van der Waals surface area contributed by atoms with Crippen LogP contribution in [0.1, 0.15) is 69.1 Å². The van der Waals surface area contributed by atoms with Gasteiger partial charge in [0.15, 0.2) is 0 Å². The van der Waals surface area contributed by atoms with E-state index < -0.39 is 0 Å². The van der Waals surface area contributed by atoms with Crippen LogP contribution in [0.4, 0.5) is 5.69 Å². The molecule has 7 aromatic carbocycles. The zero-order chi connectivity index (χ0) is 34.2. The van der Waals surface area contributed by atoms with Crippen molar-refractivity contribution in [1.29, 1.82) is 0 Å². The number of hydrogen-bond acceptors (Lipinski definition) is 1. The van der Waals surface area contributed by atoms with Crippen molar-refractivity contribution in [2.24, 2.45) is 4.99 Å². The molecule has 2 nitrogen and oxygen atoms in total. The summed E-state index contributed by atoms with van der Waals surface area (Å²) in [5, 5.41) is 10.6. The molecule has 1 aromatic heterocycles. The van der Waals surface area contributed by atoms with Gasteiger partial charge in [-0.1, -0.05) is 136 Å². The Labute approximate surface area is 295 Å². The quantitative estimate of drug-likeness (QED) is 0.0929. The van der Waals surface area contributed by atoms with Crippen molar-refractivity contribution >= 4 is 71.2 Å². The molecular formula is C48H44N2. The summed E-state index contributed by atoms with van der Waals surface area (Å²) >= 11 is 0. The van der Waals surface area contributed by atoms with Gasteiger partial charge in [-0.15, -0.1) is 0 Å². The van der Waals surface area contributed by atoms with Crippen molar-refractivity contribution in [2.75, 3.05) is 0 Å². The van der Waals surface area contributed by atoms with Gasteiger partial charge in [0, 0.05) is 27.8 Å². The van der Waals surface area contributed by atoms with Crippen LogP contribution < -0.4 is 0 Å². The van der Waals surface area contributed by atoms with Gasteiger partial charge in [-0.2, -0.15) is 0 Å². The van der Waals surface area contributed by atoms with E-state index in [9.17, 15) is 0 Å². The number of para-hydroxylation sites is 1. The fourth-order valence-electron chi connectivity index (χ4n) is 8.15. The standard InChI is InChI=1S/C46H38N2.C2H6/c1-3-15-35(45(31-17-6-4-7-18-31)47-41-24-13-10-16-30(41)2)33-26-27-37-39(28-33)38-23-14-25-42-43(38)44-40(37)29-32-19-11-12-22-36(32)46(44)48(42)34-20-8-5-9-21-34;1-2/h4,6-8,10-14,16-29,35H,3,5,9,15H2,1-2H3;1-2H3. The van der Waals surface area contributed by atoms with Crippen molar-refractivity contribution in [3.05, 3.63) is 156 Å². The van der Waals surface area contributed by atoms with Gasteiger partial charge in [-0.05, 0) is 100 Å². The first-order chi connectivity index (χ1) is 24.7. The molecule has 0 saturated carbocycles. The highest BCUT2D eigenvalue weighted by Gasteiger charge is 2.25. The van der Waals surface area contributed by atoms with E-state index >= 15 is 0 Å². The van der Waals surface area contributed by atoms with E-state index in [-0.39, 0.29) is 5.92 Å². The molecule has 0 amide bonds. The summed E-state index contributed by atoms with van der Waals surface area (Å²) in [6, 6.07) is 44.8. The molecule has 50 heavy (non-hydrogen) atoms. The average Bonchev–Trinajstić information content (AvgIpc) is 3.54. The van der Waals surface area contributed by atoms with Gasteiger partial charge < -0.3 is 4.57 Å². The number of hydrogen-bond donors (Lipinski definition) is 0. The average molecular weight is 649 g/mol. The number of fused-ring (bicyclic) bond motifs is 5. The van der Waals surface area contributed by atoms with E-state index in [0.29, 0.717) is 0 Å². The highest BCUT2D eigenvalue weighted by Crippen LogP contribution is 2.47. The lowest BCUT2D eigenvalue weighted by molar-refractivity contribution is 0.746. The monoisotopic (exact) mass is 648 g/mol. The minimum atomic E-state index is 0.154. The second-order valence-electron chi connectivity index (χ2n) is 13.3. The van der Waals surface area contributed by atoms with Gasteiger partial charge in [0.25, 0.3) is 0 Å². The molecule has 0 saturated heterocycles. The Morgan fingerprint density at radius 2 is 1.48 bits per heavy atom. The third kappa shape index (κ3) is 5.22. The van der Waals surface area contributed by atoms with Crippen molar-refractivity contribution in [3.63, 3.8) is 0 Å². The van der Waals surface area contributed by atoms with Crippen LogP contribution in [0.3, 0.4) is 0 Å². The van der Waals surface area contributed by atoms with E-state index in [2.05, 4.69) is 158 Å². The van der Waals surface area contributed by atoms with Crippen LogP contribution in [0.15, 0.2) is 145 Å². The molecule has 0 aliphatic heterocycles. The van der Waals surface area contributed by atoms with Crippen molar-refractivity contribution in [3.8, 4) is 0 Å². The predicted octanol–water partition coefficient (Wildman–Crippen LogP) is 13.9. The second-order valence-corrected chi connectivity index (χ2v) is 13.3.